The van der Waals surface area contributed by atoms with Gasteiger partial charge in [-0.25, -0.2) is 4.98 Å². The fourth-order valence-electron chi connectivity index (χ4n) is 4.53. The molecule has 0 spiro atoms. The molecule has 0 bridgehead atoms. The van der Waals surface area contributed by atoms with Crippen LogP contribution in [0.2, 0.25) is 5.02 Å². The molecule has 0 radical (unpaired) electrons. The molecule has 1 saturated heterocycles. The standard InChI is InChI=1S/C27H26ClN3O/c1-18-24(32)17-22(19-8-4-2-5-9-19)26(27(18)31-14-6-3-7-15-31)30-25-13-11-20-10-12-21(28)16-23(20)29-25/h2,4-5,8-13,16-17,32H,3,6-7,14-15H2,1H3,(H,29,30). The fraction of sp³-hybridized carbons (Fsp3) is 0.222. The number of benzene rings is 3. The third-order valence-electron chi connectivity index (χ3n) is 6.19. The topological polar surface area (TPSA) is 48.4 Å². The molecule has 5 heteroatoms. The molecular weight excluding hydrogens is 418 g/mol. The summed E-state index contributed by atoms with van der Waals surface area (Å²) >= 11 is 6.21. The molecule has 0 amide bonds. The molecule has 2 N–H and O–H groups in total. The van der Waals surface area contributed by atoms with Crippen LogP contribution in [-0.4, -0.2) is 23.2 Å². The number of hydrogen-bond donors (Lipinski definition) is 2. The van der Waals surface area contributed by atoms with Crippen LogP contribution in [0.3, 0.4) is 0 Å². The van der Waals surface area contributed by atoms with E-state index in [9.17, 15) is 5.11 Å². The van der Waals surface area contributed by atoms with E-state index in [-0.39, 0.29) is 0 Å². The van der Waals surface area contributed by atoms with Crippen LogP contribution in [0.15, 0.2) is 66.7 Å². The Hall–Kier alpha value is -3.24. The zero-order valence-corrected chi connectivity index (χ0v) is 18.9. The lowest BCUT2D eigenvalue weighted by Crippen LogP contribution is -2.30. The number of piperidine rings is 1. The van der Waals surface area contributed by atoms with Crippen molar-refractivity contribution < 1.29 is 5.11 Å². The molecule has 5 rings (SSSR count). The second-order valence-electron chi connectivity index (χ2n) is 8.36. The van der Waals surface area contributed by atoms with Gasteiger partial charge in [0.2, 0.25) is 0 Å². The van der Waals surface area contributed by atoms with Crippen molar-refractivity contribution in [2.75, 3.05) is 23.3 Å². The molecule has 1 aliphatic heterocycles. The van der Waals surface area contributed by atoms with Crippen molar-refractivity contribution in [3.8, 4) is 16.9 Å². The Balaban J connectivity index is 1.68. The molecule has 0 aliphatic carbocycles. The maximum Gasteiger partial charge on any atom is 0.131 e. The quantitative estimate of drug-likeness (QED) is 0.325. The van der Waals surface area contributed by atoms with Crippen LogP contribution in [0.4, 0.5) is 17.2 Å². The van der Waals surface area contributed by atoms with Gasteiger partial charge in [-0.1, -0.05) is 48.0 Å². The number of fused-ring (bicyclic) bond motifs is 1. The van der Waals surface area contributed by atoms with Crippen LogP contribution in [0.1, 0.15) is 24.8 Å². The predicted octanol–water partition coefficient (Wildman–Crippen LogP) is 7.30. The van der Waals surface area contributed by atoms with E-state index in [0.29, 0.717) is 10.8 Å². The summed E-state index contributed by atoms with van der Waals surface area (Å²) in [7, 11) is 0. The minimum absolute atomic E-state index is 0.313. The summed E-state index contributed by atoms with van der Waals surface area (Å²) in [6.07, 6.45) is 3.56. The smallest absolute Gasteiger partial charge is 0.131 e. The Kier molecular flexibility index (Phi) is 5.62. The lowest BCUT2D eigenvalue weighted by atomic mass is 9.97. The average Bonchev–Trinajstić information content (AvgIpc) is 2.82. The number of rotatable bonds is 4. The third-order valence-corrected chi connectivity index (χ3v) is 6.43. The van der Waals surface area contributed by atoms with Gasteiger partial charge in [-0.05, 0) is 62.1 Å². The molecule has 1 fully saturated rings. The Morgan fingerprint density at radius 1 is 0.938 bits per heavy atom. The molecule has 2 heterocycles. The normalized spacial score (nSPS) is 14.0. The number of halogens is 1. The number of anilines is 3. The number of pyridine rings is 1. The highest BCUT2D eigenvalue weighted by Crippen LogP contribution is 2.45. The molecule has 4 aromatic rings. The molecule has 1 aromatic heterocycles. The lowest BCUT2D eigenvalue weighted by molar-refractivity contribution is 0.470. The van der Waals surface area contributed by atoms with Crippen molar-refractivity contribution in [1.82, 2.24) is 4.98 Å². The maximum absolute atomic E-state index is 10.9. The molecule has 3 aromatic carbocycles. The summed E-state index contributed by atoms with van der Waals surface area (Å²) in [4.78, 5) is 7.22. The SMILES string of the molecule is Cc1c(O)cc(-c2ccccc2)c(Nc2ccc3ccc(Cl)cc3n2)c1N1CCCCC1. The van der Waals surface area contributed by atoms with Gasteiger partial charge in [0.25, 0.3) is 0 Å². The number of nitrogens with one attached hydrogen (secondary N) is 1. The highest BCUT2D eigenvalue weighted by molar-refractivity contribution is 6.31. The number of phenols is 1. The second-order valence-corrected chi connectivity index (χ2v) is 8.80. The summed E-state index contributed by atoms with van der Waals surface area (Å²) in [6.45, 7) is 3.95. The summed E-state index contributed by atoms with van der Waals surface area (Å²) in [6, 6.07) is 21.8. The van der Waals surface area contributed by atoms with E-state index in [2.05, 4.69) is 28.4 Å². The first-order valence-corrected chi connectivity index (χ1v) is 11.5. The summed E-state index contributed by atoms with van der Waals surface area (Å²) in [5.41, 5.74) is 5.77. The molecule has 0 unspecified atom stereocenters. The van der Waals surface area contributed by atoms with Crippen LogP contribution < -0.4 is 10.2 Å². The average molecular weight is 444 g/mol. The van der Waals surface area contributed by atoms with Crippen LogP contribution in [-0.2, 0) is 0 Å². The van der Waals surface area contributed by atoms with Crippen molar-refractivity contribution in [2.45, 2.75) is 26.2 Å². The molecule has 0 saturated carbocycles. The van der Waals surface area contributed by atoms with Crippen LogP contribution >= 0.6 is 11.6 Å². The van der Waals surface area contributed by atoms with Crippen molar-refractivity contribution in [3.63, 3.8) is 0 Å². The van der Waals surface area contributed by atoms with E-state index >= 15 is 0 Å². The van der Waals surface area contributed by atoms with E-state index in [4.69, 9.17) is 16.6 Å². The Morgan fingerprint density at radius 3 is 2.47 bits per heavy atom. The number of aromatic hydroxyl groups is 1. The second kappa shape index (κ2) is 8.71. The lowest BCUT2D eigenvalue weighted by Gasteiger charge is -2.33. The maximum atomic E-state index is 10.9. The zero-order chi connectivity index (χ0) is 22.1. The van der Waals surface area contributed by atoms with Gasteiger partial charge >= 0.3 is 0 Å². The largest absolute Gasteiger partial charge is 0.508 e. The van der Waals surface area contributed by atoms with E-state index < -0.39 is 0 Å². The number of nitrogens with zero attached hydrogens (tertiary/aromatic N) is 2. The minimum atomic E-state index is 0.313. The van der Waals surface area contributed by atoms with Gasteiger partial charge in [0.05, 0.1) is 16.9 Å². The van der Waals surface area contributed by atoms with Crippen LogP contribution in [0, 0.1) is 6.92 Å². The van der Waals surface area contributed by atoms with Gasteiger partial charge < -0.3 is 15.3 Å². The van der Waals surface area contributed by atoms with Crippen molar-refractivity contribution in [3.05, 3.63) is 77.3 Å². The fourth-order valence-corrected chi connectivity index (χ4v) is 4.69. The van der Waals surface area contributed by atoms with Crippen LogP contribution in [0.5, 0.6) is 5.75 Å². The number of hydrogen-bond acceptors (Lipinski definition) is 4. The van der Waals surface area contributed by atoms with Crippen molar-refractivity contribution in [1.29, 1.82) is 0 Å². The van der Waals surface area contributed by atoms with Crippen molar-refractivity contribution >= 4 is 39.7 Å². The summed E-state index contributed by atoms with van der Waals surface area (Å²) in [5.74, 6) is 1.06. The first-order valence-electron chi connectivity index (χ1n) is 11.1. The predicted molar refractivity (Wildman–Crippen MR) is 134 cm³/mol. The molecule has 1 aliphatic rings. The number of phenolic OH excluding ortho intramolecular Hbond substituents is 1. The third kappa shape index (κ3) is 3.98. The van der Waals surface area contributed by atoms with E-state index in [1.807, 2.05) is 55.5 Å². The van der Waals surface area contributed by atoms with Gasteiger partial charge in [-0.3, -0.25) is 0 Å². The van der Waals surface area contributed by atoms with Gasteiger partial charge in [0.15, 0.2) is 0 Å². The minimum Gasteiger partial charge on any atom is -0.508 e. The summed E-state index contributed by atoms with van der Waals surface area (Å²) < 4.78 is 0. The van der Waals surface area contributed by atoms with Gasteiger partial charge in [-0.2, -0.15) is 0 Å². The van der Waals surface area contributed by atoms with Crippen molar-refractivity contribution in [2.24, 2.45) is 0 Å². The monoisotopic (exact) mass is 443 g/mol. The molecule has 162 valence electrons. The van der Waals surface area contributed by atoms with Gasteiger partial charge in [0, 0.05) is 34.6 Å². The highest BCUT2D eigenvalue weighted by atomic mass is 35.5. The molecular formula is C27H26ClN3O. The molecule has 32 heavy (non-hydrogen) atoms. The molecule has 0 atom stereocenters. The first-order chi connectivity index (χ1) is 15.6. The molecule has 4 nitrogen and oxygen atoms in total. The zero-order valence-electron chi connectivity index (χ0n) is 18.1. The van der Waals surface area contributed by atoms with E-state index in [1.54, 1.807) is 0 Å². The Bertz CT molecular complexity index is 1270. The Labute approximate surface area is 193 Å². The number of aromatic nitrogens is 1. The van der Waals surface area contributed by atoms with E-state index in [1.165, 1.54) is 6.42 Å². The van der Waals surface area contributed by atoms with E-state index in [0.717, 1.165) is 70.7 Å². The van der Waals surface area contributed by atoms with Gasteiger partial charge in [-0.15, -0.1) is 0 Å². The van der Waals surface area contributed by atoms with Gasteiger partial charge in [0.1, 0.15) is 11.6 Å². The Morgan fingerprint density at radius 2 is 1.69 bits per heavy atom. The highest BCUT2D eigenvalue weighted by Gasteiger charge is 2.23. The summed E-state index contributed by atoms with van der Waals surface area (Å²) in [5, 5.41) is 16.2. The van der Waals surface area contributed by atoms with Crippen LogP contribution in [0.25, 0.3) is 22.0 Å². The first kappa shape index (κ1) is 20.7.